The molecule has 0 aliphatic heterocycles. The summed E-state index contributed by atoms with van der Waals surface area (Å²) in [5.74, 6) is -0.989. The van der Waals surface area contributed by atoms with Crippen LogP contribution in [0.2, 0.25) is 0 Å². The van der Waals surface area contributed by atoms with Crippen LogP contribution in [-0.4, -0.2) is 43.2 Å². The van der Waals surface area contributed by atoms with E-state index in [0.29, 0.717) is 5.69 Å². The molecule has 0 aliphatic carbocycles. The van der Waals surface area contributed by atoms with E-state index < -0.39 is 5.97 Å². The van der Waals surface area contributed by atoms with Gasteiger partial charge in [-0.3, -0.25) is 0 Å². The average Bonchev–Trinajstić information content (AvgIpc) is 2.32. The molecule has 4 N–H and O–H groups in total. The van der Waals surface area contributed by atoms with Crippen LogP contribution in [0.25, 0.3) is 0 Å². The van der Waals surface area contributed by atoms with Crippen LogP contribution in [-0.2, 0) is 0 Å². The van der Waals surface area contributed by atoms with Crippen LogP contribution in [0.4, 0.5) is 11.4 Å². The minimum Gasteiger partial charge on any atom is -0.478 e. The molecular formula is C14H23N3O2. The molecule has 1 aromatic rings. The molecule has 106 valence electrons. The summed E-state index contributed by atoms with van der Waals surface area (Å²) in [6.07, 6.45) is 2.16. The standard InChI is InChI=1S/C14H23N3O2/c1-10-8-11(9-12(13(10)15)14(18)19)16-6-4-5-7-17(2)3/h8-9,16H,4-7,15H2,1-3H3,(H,18,19). The number of nitrogens with two attached hydrogens (primary N) is 1. The molecule has 1 aromatic carbocycles. The van der Waals surface area contributed by atoms with Gasteiger partial charge in [-0.05, 0) is 58.1 Å². The molecule has 0 radical (unpaired) electrons. The van der Waals surface area contributed by atoms with E-state index in [4.69, 9.17) is 10.8 Å². The van der Waals surface area contributed by atoms with E-state index in [0.717, 1.165) is 37.2 Å². The van der Waals surface area contributed by atoms with Gasteiger partial charge in [0.05, 0.1) is 5.56 Å². The Morgan fingerprint density at radius 2 is 2.05 bits per heavy atom. The number of anilines is 2. The second-order valence-corrected chi connectivity index (χ2v) is 5.00. The topological polar surface area (TPSA) is 78.6 Å². The summed E-state index contributed by atoms with van der Waals surface area (Å²) >= 11 is 0. The van der Waals surface area contributed by atoms with Crippen molar-refractivity contribution in [2.75, 3.05) is 38.2 Å². The van der Waals surface area contributed by atoms with Crippen LogP contribution in [0, 0.1) is 6.92 Å². The quantitative estimate of drug-likeness (QED) is 0.519. The fourth-order valence-electron chi connectivity index (χ4n) is 1.86. The van der Waals surface area contributed by atoms with Crippen LogP contribution < -0.4 is 11.1 Å². The molecule has 0 heterocycles. The van der Waals surface area contributed by atoms with Gasteiger partial charge in [-0.2, -0.15) is 0 Å². The Morgan fingerprint density at radius 1 is 1.37 bits per heavy atom. The van der Waals surface area contributed by atoms with Gasteiger partial charge in [-0.1, -0.05) is 0 Å². The number of rotatable bonds is 7. The number of carboxylic acids is 1. The minimum absolute atomic E-state index is 0.163. The zero-order valence-electron chi connectivity index (χ0n) is 11.9. The Labute approximate surface area is 114 Å². The van der Waals surface area contributed by atoms with Crippen molar-refractivity contribution < 1.29 is 9.90 Å². The molecule has 0 saturated carbocycles. The first-order chi connectivity index (χ1) is 8.91. The van der Waals surface area contributed by atoms with Crippen molar-refractivity contribution in [2.45, 2.75) is 19.8 Å². The van der Waals surface area contributed by atoms with Gasteiger partial charge in [0.25, 0.3) is 0 Å². The Kier molecular flexibility index (Phi) is 5.63. The van der Waals surface area contributed by atoms with Gasteiger partial charge < -0.3 is 21.1 Å². The van der Waals surface area contributed by atoms with E-state index in [9.17, 15) is 4.79 Å². The maximum atomic E-state index is 11.1. The molecular weight excluding hydrogens is 242 g/mol. The fourth-order valence-corrected chi connectivity index (χ4v) is 1.86. The van der Waals surface area contributed by atoms with Crippen molar-refractivity contribution in [3.8, 4) is 0 Å². The highest BCUT2D eigenvalue weighted by Gasteiger charge is 2.11. The summed E-state index contributed by atoms with van der Waals surface area (Å²) in [4.78, 5) is 13.2. The third-order valence-electron chi connectivity index (χ3n) is 2.98. The van der Waals surface area contributed by atoms with Crippen molar-refractivity contribution in [3.05, 3.63) is 23.3 Å². The molecule has 0 unspecified atom stereocenters. The molecule has 0 amide bonds. The van der Waals surface area contributed by atoms with E-state index in [1.165, 1.54) is 0 Å². The zero-order valence-corrected chi connectivity index (χ0v) is 11.9. The maximum Gasteiger partial charge on any atom is 0.337 e. The third-order valence-corrected chi connectivity index (χ3v) is 2.98. The number of nitrogen functional groups attached to an aromatic ring is 1. The van der Waals surface area contributed by atoms with Gasteiger partial charge in [0.2, 0.25) is 0 Å². The lowest BCUT2D eigenvalue weighted by Crippen LogP contribution is -2.14. The number of carboxylic acid groups (broad SMARTS) is 1. The normalized spacial score (nSPS) is 10.7. The number of carbonyl (C=O) groups is 1. The van der Waals surface area contributed by atoms with E-state index in [1.54, 1.807) is 6.07 Å². The highest BCUT2D eigenvalue weighted by atomic mass is 16.4. The summed E-state index contributed by atoms with van der Waals surface area (Å²) in [5.41, 5.74) is 7.85. The lowest BCUT2D eigenvalue weighted by Gasteiger charge is -2.12. The predicted octanol–water partition coefficient (Wildman–Crippen LogP) is 2.03. The number of aryl methyl sites for hydroxylation is 1. The molecule has 0 bridgehead atoms. The Bertz CT molecular complexity index is 445. The Hall–Kier alpha value is -1.75. The number of hydrogen-bond donors (Lipinski definition) is 3. The molecule has 5 nitrogen and oxygen atoms in total. The highest BCUT2D eigenvalue weighted by Crippen LogP contribution is 2.22. The number of nitrogens with zero attached hydrogens (tertiary/aromatic N) is 1. The third kappa shape index (κ3) is 4.79. The summed E-state index contributed by atoms with van der Waals surface area (Å²) in [6.45, 7) is 3.71. The van der Waals surface area contributed by atoms with Crippen molar-refractivity contribution in [1.82, 2.24) is 4.90 Å². The van der Waals surface area contributed by atoms with Crippen molar-refractivity contribution in [1.29, 1.82) is 0 Å². The van der Waals surface area contributed by atoms with Gasteiger partial charge >= 0.3 is 5.97 Å². The molecule has 0 spiro atoms. The number of benzene rings is 1. The van der Waals surface area contributed by atoms with Gasteiger partial charge in [-0.25, -0.2) is 4.79 Å². The van der Waals surface area contributed by atoms with Crippen LogP contribution >= 0.6 is 0 Å². The first-order valence-corrected chi connectivity index (χ1v) is 6.44. The van der Waals surface area contributed by atoms with Crippen LogP contribution in [0.15, 0.2) is 12.1 Å². The molecule has 0 atom stereocenters. The summed E-state index contributed by atoms with van der Waals surface area (Å²) < 4.78 is 0. The molecule has 0 aliphatic rings. The average molecular weight is 265 g/mol. The Balaban J connectivity index is 2.57. The number of hydrogen-bond acceptors (Lipinski definition) is 4. The van der Waals surface area contributed by atoms with Crippen LogP contribution in [0.3, 0.4) is 0 Å². The first-order valence-electron chi connectivity index (χ1n) is 6.44. The zero-order chi connectivity index (χ0) is 14.4. The summed E-state index contributed by atoms with van der Waals surface area (Å²) in [6, 6.07) is 3.48. The van der Waals surface area contributed by atoms with Gasteiger partial charge in [0, 0.05) is 17.9 Å². The molecule has 19 heavy (non-hydrogen) atoms. The van der Waals surface area contributed by atoms with E-state index in [2.05, 4.69) is 24.3 Å². The second kappa shape index (κ2) is 6.99. The lowest BCUT2D eigenvalue weighted by atomic mass is 10.1. The van der Waals surface area contributed by atoms with Gasteiger partial charge in [-0.15, -0.1) is 0 Å². The monoisotopic (exact) mass is 265 g/mol. The van der Waals surface area contributed by atoms with E-state index >= 15 is 0 Å². The van der Waals surface area contributed by atoms with Crippen molar-refractivity contribution in [3.63, 3.8) is 0 Å². The van der Waals surface area contributed by atoms with Crippen molar-refractivity contribution in [2.24, 2.45) is 0 Å². The van der Waals surface area contributed by atoms with Gasteiger partial charge in [0.15, 0.2) is 0 Å². The fraction of sp³-hybridized carbons (Fsp3) is 0.500. The molecule has 0 saturated heterocycles. The molecule has 0 fully saturated rings. The van der Waals surface area contributed by atoms with Crippen LogP contribution in [0.5, 0.6) is 0 Å². The smallest absolute Gasteiger partial charge is 0.337 e. The SMILES string of the molecule is Cc1cc(NCCCCN(C)C)cc(C(=O)O)c1N. The summed E-state index contributed by atoms with van der Waals surface area (Å²) in [5, 5.41) is 12.3. The molecule has 5 heteroatoms. The highest BCUT2D eigenvalue weighted by molar-refractivity contribution is 5.95. The Morgan fingerprint density at radius 3 is 2.63 bits per heavy atom. The van der Waals surface area contributed by atoms with Crippen molar-refractivity contribution >= 4 is 17.3 Å². The van der Waals surface area contributed by atoms with E-state index in [-0.39, 0.29) is 5.56 Å². The maximum absolute atomic E-state index is 11.1. The first kappa shape index (κ1) is 15.3. The summed E-state index contributed by atoms with van der Waals surface area (Å²) in [7, 11) is 4.10. The van der Waals surface area contributed by atoms with Gasteiger partial charge in [0.1, 0.15) is 0 Å². The number of nitrogens with one attached hydrogen (secondary N) is 1. The molecule has 0 aromatic heterocycles. The minimum atomic E-state index is -0.989. The number of aromatic carboxylic acids is 1. The number of unbranched alkanes of at least 4 members (excludes halogenated alkanes) is 1. The lowest BCUT2D eigenvalue weighted by molar-refractivity contribution is 0.0698. The largest absolute Gasteiger partial charge is 0.478 e. The van der Waals surface area contributed by atoms with Crippen LogP contribution in [0.1, 0.15) is 28.8 Å². The van der Waals surface area contributed by atoms with E-state index in [1.807, 2.05) is 13.0 Å². The molecule has 1 rings (SSSR count). The second-order valence-electron chi connectivity index (χ2n) is 5.00. The predicted molar refractivity (Wildman–Crippen MR) is 78.8 cm³/mol.